The molecule has 1 aliphatic heterocycles. The molecule has 1 N–H and O–H groups in total. The number of nitrogens with one attached hydrogen (secondary N) is 1. The molecule has 5 aromatic rings. The second-order valence-corrected chi connectivity index (χ2v) is 10.0. The van der Waals surface area contributed by atoms with Gasteiger partial charge in [0.2, 0.25) is 5.91 Å². The summed E-state index contributed by atoms with van der Waals surface area (Å²) in [5.74, 6) is -1.42. The highest BCUT2D eigenvalue weighted by atomic mass is 19.1. The Labute approximate surface area is 240 Å². The highest BCUT2D eigenvalue weighted by Gasteiger charge is 2.25. The maximum atomic E-state index is 14.9. The Bertz CT molecular complexity index is 1790. The zero-order chi connectivity index (χ0) is 29.2. The lowest BCUT2D eigenvalue weighted by Crippen LogP contribution is -2.51. The average molecular weight is 567 g/mol. The average Bonchev–Trinajstić information content (AvgIpc) is 3.62. The highest BCUT2D eigenvalue weighted by Crippen LogP contribution is 2.23. The Hall–Kier alpha value is -5.39. The minimum absolute atomic E-state index is 0.0221. The number of halogens is 1. The fraction of sp³-hybridized carbons (Fsp3) is 0.200. The molecule has 12 heteroatoms. The Kier molecular flexibility index (Phi) is 7.17. The van der Waals surface area contributed by atoms with Crippen LogP contribution in [0.1, 0.15) is 20.8 Å². The van der Waals surface area contributed by atoms with E-state index in [2.05, 4.69) is 20.5 Å². The SMILES string of the molecule is Cn1cc(-c2cccc(C(=O)Nc3cc4cn(CC(=O)N5CCN(C(=O)c6ccccc6)CC5)nc4cc3F)n2)cn1. The first-order valence-corrected chi connectivity index (χ1v) is 13.4. The molecule has 0 unspecified atom stereocenters. The molecule has 0 saturated carbocycles. The summed E-state index contributed by atoms with van der Waals surface area (Å²) in [6, 6.07) is 16.8. The van der Waals surface area contributed by atoms with E-state index in [0.717, 1.165) is 5.56 Å². The third-order valence-electron chi connectivity index (χ3n) is 7.11. The van der Waals surface area contributed by atoms with Crippen molar-refractivity contribution in [2.75, 3.05) is 31.5 Å². The molecular weight excluding hydrogens is 539 g/mol. The van der Waals surface area contributed by atoms with Crippen molar-refractivity contribution < 1.29 is 18.8 Å². The van der Waals surface area contributed by atoms with E-state index >= 15 is 0 Å². The molecule has 4 heterocycles. The Morgan fingerprint density at radius 3 is 2.43 bits per heavy atom. The van der Waals surface area contributed by atoms with Crippen molar-refractivity contribution in [3.8, 4) is 11.3 Å². The van der Waals surface area contributed by atoms with Crippen LogP contribution in [-0.2, 0) is 18.4 Å². The zero-order valence-corrected chi connectivity index (χ0v) is 22.8. The van der Waals surface area contributed by atoms with Crippen molar-refractivity contribution in [3.63, 3.8) is 0 Å². The molecule has 42 heavy (non-hydrogen) atoms. The van der Waals surface area contributed by atoms with Crippen molar-refractivity contribution in [3.05, 3.63) is 96.3 Å². The summed E-state index contributed by atoms with van der Waals surface area (Å²) in [6.07, 6.45) is 5.07. The van der Waals surface area contributed by atoms with Gasteiger partial charge in [-0.05, 0) is 30.3 Å². The van der Waals surface area contributed by atoms with Crippen LogP contribution in [0.3, 0.4) is 0 Å². The number of carbonyl (C=O) groups is 3. The third kappa shape index (κ3) is 5.59. The number of anilines is 1. The van der Waals surface area contributed by atoms with Gasteiger partial charge in [-0.15, -0.1) is 0 Å². The molecule has 1 saturated heterocycles. The molecule has 11 nitrogen and oxygen atoms in total. The largest absolute Gasteiger partial charge is 0.338 e. The predicted molar refractivity (Wildman–Crippen MR) is 153 cm³/mol. The molecule has 0 radical (unpaired) electrons. The van der Waals surface area contributed by atoms with Gasteiger partial charge in [0.1, 0.15) is 18.1 Å². The molecule has 1 aliphatic rings. The summed E-state index contributed by atoms with van der Waals surface area (Å²) in [5, 5.41) is 11.6. The highest BCUT2D eigenvalue weighted by molar-refractivity contribution is 6.04. The van der Waals surface area contributed by atoms with Crippen LogP contribution in [0.5, 0.6) is 0 Å². The van der Waals surface area contributed by atoms with Crippen LogP contribution in [0, 0.1) is 5.82 Å². The third-order valence-corrected chi connectivity index (χ3v) is 7.11. The number of nitrogens with zero attached hydrogens (tertiary/aromatic N) is 7. The molecule has 1 fully saturated rings. The van der Waals surface area contributed by atoms with Crippen LogP contribution in [-0.4, -0.2) is 78.2 Å². The summed E-state index contributed by atoms with van der Waals surface area (Å²) in [7, 11) is 1.79. The summed E-state index contributed by atoms with van der Waals surface area (Å²) in [4.78, 5) is 46.4. The van der Waals surface area contributed by atoms with Crippen molar-refractivity contribution in [1.29, 1.82) is 0 Å². The van der Waals surface area contributed by atoms with Gasteiger partial charge >= 0.3 is 0 Å². The van der Waals surface area contributed by atoms with Crippen molar-refractivity contribution in [1.82, 2.24) is 34.3 Å². The van der Waals surface area contributed by atoms with Gasteiger partial charge in [0.25, 0.3) is 11.8 Å². The quantitative estimate of drug-likeness (QED) is 0.337. The normalized spacial score (nSPS) is 13.4. The van der Waals surface area contributed by atoms with E-state index in [1.807, 2.05) is 18.2 Å². The number of hydrogen-bond acceptors (Lipinski definition) is 6. The Morgan fingerprint density at radius 2 is 1.69 bits per heavy atom. The smallest absolute Gasteiger partial charge is 0.274 e. The molecule has 3 amide bonds. The van der Waals surface area contributed by atoms with Gasteiger partial charge in [-0.25, -0.2) is 9.37 Å². The maximum absolute atomic E-state index is 14.9. The molecule has 0 atom stereocenters. The first kappa shape index (κ1) is 26.8. The van der Waals surface area contributed by atoms with Crippen molar-refractivity contribution in [2.45, 2.75) is 6.54 Å². The van der Waals surface area contributed by atoms with Crippen LogP contribution in [0.2, 0.25) is 0 Å². The molecule has 2 aromatic carbocycles. The number of amides is 3. The molecule has 0 spiro atoms. The van der Waals surface area contributed by atoms with E-state index in [0.29, 0.717) is 48.3 Å². The molecule has 0 bridgehead atoms. The number of hydrogen-bond donors (Lipinski definition) is 1. The van der Waals surface area contributed by atoms with E-state index in [9.17, 15) is 18.8 Å². The lowest BCUT2D eigenvalue weighted by atomic mass is 10.2. The number of fused-ring (bicyclic) bond motifs is 1. The van der Waals surface area contributed by atoms with E-state index in [-0.39, 0.29) is 29.7 Å². The summed E-state index contributed by atoms with van der Waals surface area (Å²) < 4.78 is 18.0. The van der Waals surface area contributed by atoms with Gasteiger partial charge < -0.3 is 15.1 Å². The Morgan fingerprint density at radius 1 is 0.929 bits per heavy atom. The zero-order valence-electron chi connectivity index (χ0n) is 22.8. The molecule has 3 aromatic heterocycles. The number of aryl methyl sites for hydroxylation is 1. The minimum Gasteiger partial charge on any atom is -0.338 e. The number of piperazine rings is 1. The number of aromatic nitrogens is 5. The first-order valence-electron chi connectivity index (χ1n) is 13.4. The van der Waals surface area contributed by atoms with Gasteiger partial charge in [-0.1, -0.05) is 24.3 Å². The number of rotatable bonds is 6. The maximum Gasteiger partial charge on any atom is 0.274 e. The topological polar surface area (TPSA) is 118 Å². The van der Waals surface area contributed by atoms with Crippen LogP contribution >= 0.6 is 0 Å². The first-order chi connectivity index (χ1) is 20.3. The lowest BCUT2D eigenvalue weighted by molar-refractivity contribution is -0.133. The molecule has 0 aliphatic carbocycles. The van der Waals surface area contributed by atoms with Crippen molar-refractivity contribution in [2.24, 2.45) is 7.05 Å². The predicted octanol–water partition coefficient (Wildman–Crippen LogP) is 3.21. The van der Waals surface area contributed by atoms with Gasteiger partial charge in [-0.3, -0.25) is 23.7 Å². The van der Waals surface area contributed by atoms with Crippen LogP contribution in [0.4, 0.5) is 10.1 Å². The minimum atomic E-state index is -0.657. The molecule has 212 valence electrons. The second-order valence-electron chi connectivity index (χ2n) is 10.0. The van der Waals surface area contributed by atoms with E-state index in [1.54, 1.807) is 70.5 Å². The van der Waals surface area contributed by atoms with Crippen LogP contribution in [0.25, 0.3) is 22.2 Å². The van der Waals surface area contributed by atoms with Gasteiger partial charge in [0, 0.05) is 68.2 Å². The van der Waals surface area contributed by atoms with E-state index in [4.69, 9.17) is 0 Å². The van der Waals surface area contributed by atoms with Crippen LogP contribution in [0.15, 0.2) is 79.3 Å². The lowest BCUT2D eigenvalue weighted by Gasteiger charge is -2.34. The second kappa shape index (κ2) is 11.2. The fourth-order valence-corrected chi connectivity index (χ4v) is 4.90. The van der Waals surface area contributed by atoms with Crippen molar-refractivity contribution >= 4 is 34.3 Å². The van der Waals surface area contributed by atoms with Crippen LogP contribution < -0.4 is 5.32 Å². The van der Waals surface area contributed by atoms with Gasteiger partial charge in [0.05, 0.1) is 23.1 Å². The number of pyridine rings is 1. The van der Waals surface area contributed by atoms with E-state index < -0.39 is 11.7 Å². The molecular formula is C30H27FN8O3. The monoisotopic (exact) mass is 566 g/mol. The van der Waals surface area contributed by atoms with Gasteiger partial charge in [0.15, 0.2) is 0 Å². The Balaban J connectivity index is 1.10. The molecule has 6 rings (SSSR count). The standard InChI is InChI=1S/C30H27FN8O3/c1-36-17-22(16-32-36)24-8-5-9-25(33-24)29(41)34-27-14-21-18-39(35-26(21)15-23(27)31)19-28(40)37-10-12-38(13-11-37)30(42)20-6-3-2-4-7-20/h2-9,14-18H,10-13,19H2,1H3,(H,34,41). The van der Waals surface area contributed by atoms with Gasteiger partial charge in [-0.2, -0.15) is 10.2 Å². The summed E-state index contributed by atoms with van der Waals surface area (Å²) in [5.41, 5.74) is 2.41. The summed E-state index contributed by atoms with van der Waals surface area (Å²) in [6.45, 7) is 1.68. The number of benzene rings is 2. The number of carbonyl (C=O) groups excluding carboxylic acids is 3. The fourth-order valence-electron chi connectivity index (χ4n) is 4.90. The summed E-state index contributed by atoms with van der Waals surface area (Å²) >= 11 is 0. The van der Waals surface area contributed by atoms with E-state index in [1.165, 1.54) is 16.8 Å².